The first-order chi connectivity index (χ1) is 15.6. The number of nitrogens with one attached hydrogen (secondary N) is 2. The smallest absolute Gasteiger partial charge is 0.340 e. The molecule has 0 radical (unpaired) electrons. The van der Waals surface area contributed by atoms with Crippen molar-refractivity contribution in [1.29, 1.82) is 0 Å². The Hall–Kier alpha value is -4.27. The average molecular weight is 436 g/mol. The Morgan fingerprint density at radius 1 is 0.906 bits per heavy atom. The molecule has 0 unspecified atom stereocenters. The number of benzene rings is 2. The number of rotatable bonds is 6. The van der Waals surface area contributed by atoms with Crippen molar-refractivity contribution < 1.29 is 33.0 Å². The van der Waals surface area contributed by atoms with Crippen LogP contribution in [0.1, 0.15) is 27.3 Å². The maximum atomic E-state index is 12.5. The molecule has 0 spiro atoms. The molecule has 0 fully saturated rings. The van der Waals surface area contributed by atoms with Crippen LogP contribution in [0, 0.1) is 0 Å². The van der Waals surface area contributed by atoms with Gasteiger partial charge in [-0.1, -0.05) is 12.1 Å². The highest BCUT2D eigenvalue weighted by molar-refractivity contribution is 6.07. The molecule has 0 aliphatic carbocycles. The number of para-hydroxylation sites is 1. The maximum absolute atomic E-state index is 12.5. The van der Waals surface area contributed by atoms with Crippen LogP contribution in [0.5, 0.6) is 11.5 Å². The molecule has 0 atom stereocenters. The molecule has 164 valence electrons. The van der Waals surface area contributed by atoms with Crippen molar-refractivity contribution >= 4 is 29.2 Å². The summed E-state index contributed by atoms with van der Waals surface area (Å²) in [6, 6.07) is 14.4. The van der Waals surface area contributed by atoms with E-state index >= 15 is 0 Å². The van der Waals surface area contributed by atoms with Gasteiger partial charge in [-0.05, 0) is 36.4 Å². The second-order valence-corrected chi connectivity index (χ2v) is 6.81. The zero-order valence-electron chi connectivity index (χ0n) is 17.0. The Kier molecular flexibility index (Phi) is 6.35. The quantitative estimate of drug-likeness (QED) is 0.568. The summed E-state index contributed by atoms with van der Waals surface area (Å²) in [5, 5.41) is 5.25. The molecular formula is C23H20N2O7. The number of anilines is 2. The molecule has 9 heteroatoms. The van der Waals surface area contributed by atoms with Crippen LogP contribution < -0.4 is 20.1 Å². The number of ether oxygens (including phenoxy) is 3. The Balaban J connectivity index is 1.35. The zero-order valence-corrected chi connectivity index (χ0v) is 17.0. The lowest BCUT2D eigenvalue weighted by atomic mass is 10.1. The summed E-state index contributed by atoms with van der Waals surface area (Å²) in [5.41, 5.74) is 0.833. The van der Waals surface area contributed by atoms with Gasteiger partial charge in [-0.3, -0.25) is 9.59 Å². The van der Waals surface area contributed by atoms with Gasteiger partial charge in [-0.2, -0.15) is 0 Å². The number of carbonyl (C=O) groups excluding carboxylic acids is 3. The molecule has 2 N–H and O–H groups in total. The van der Waals surface area contributed by atoms with E-state index in [-0.39, 0.29) is 17.0 Å². The van der Waals surface area contributed by atoms with Crippen molar-refractivity contribution in [2.75, 3.05) is 30.5 Å². The van der Waals surface area contributed by atoms with Crippen molar-refractivity contribution in [3.05, 3.63) is 72.2 Å². The van der Waals surface area contributed by atoms with Crippen LogP contribution in [0.25, 0.3) is 0 Å². The third-order valence-electron chi connectivity index (χ3n) is 4.51. The molecule has 0 saturated heterocycles. The molecule has 1 aromatic heterocycles. The fourth-order valence-electron chi connectivity index (χ4n) is 3.01. The number of furan rings is 1. The summed E-state index contributed by atoms with van der Waals surface area (Å²) in [7, 11) is 0. The summed E-state index contributed by atoms with van der Waals surface area (Å²) in [5.74, 6) is -0.539. The minimum Gasteiger partial charge on any atom is -0.490 e. The number of hydrogen-bond donors (Lipinski definition) is 2. The van der Waals surface area contributed by atoms with Crippen LogP contribution in [0.3, 0.4) is 0 Å². The van der Waals surface area contributed by atoms with E-state index in [0.717, 1.165) is 6.42 Å². The highest BCUT2D eigenvalue weighted by Crippen LogP contribution is 2.32. The van der Waals surface area contributed by atoms with E-state index in [0.29, 0.717) is 30.4 Å². The summed E-state index contributed by atoms with van der Waals surface area (Å²) in [6.07, 6.45) is 2.15. The molecule has 1 aliphatic rings. The van der Waals surface area contributed by atoms with Gasteiger partial charge in [0.2, 0.25) is 0 Å². The molecule has 1 aliphatic heterocycles. The van der Waals surface area contributed by atoms with Gasteiger partial charge in [0.15, 0.2) is 23.9 Å². The highest BCUT2D eigenvalue weighted by Gasteiger charge is 2.18. The lowest BCUT2D eigenvalue weighted by Gasteiger charge is -2.12. The summed E-state index contributed by atoms with van der Waals surface area (Å²) < 4.78 is 21.3. The molecule has 2 amide bonds. The first-order valence-corrected chi connectivity index (χ1v) is 9.90. The van der Waals surface area contributed by atoms with Crippen molar-refractivity contribution in [3.8, 4) is 11.5 Å². The largest absolute Gasteiger partial charge is 0.490 e. The highest BCUT2D eigenvalue weighted by atomic mass is 16.5. The Bertz CT molecular complexity index is 1130. The van der Waals surface area contributed by atoms with E-state index in [1.165, 1.54) is 18.4 Å². The third-order valence-corrected chi connectivity index (χ3v) is 4.51. The van der Waals surface area contributed by atoms with Crippen LogP contribution in [0.2, 0.25) is 0 Å². The minimum atomic E-state index is -0.755. The van der Waals surface area contributed by atoms with Crippen molar-refractivity contribution in [1.82, 2.24) is 0 Å². The first-order valence-electron chi connectivity index (χ1n) is 9.90. The molecule has 9 nitrogen and oxygen atoms in total. The van der Waals surface area contributed by atoms with Gasteiger partial charge in [0, 0.05) is 18.2 Å². The number of fused-ring (bicyclic) bond motifs is 1. The summed E-state index contributed by atoms with van der Waals surface area (Å²) >= 11 is 0. The monoisotopic (exact) mass is 436 g/mol. The van der Waals surface area contributed by atoms with Crippen molar-refractivity contribution in [2.24, 2.45) is 0 Å². The van der Waals surface area contributed by atoms with Crippen molar-refractivity contribution in [3.63, 3.8) is 0 Å². The lowest BCUT2D eigenvalue weighted by molar-refractivity contribution is -0.119. The van der Waals surface area contributed by atoms with Gasteiger partial charge in [-0.15, -0.1) is 0 Å². The minimum absolute atomic E-state index is 0.0997. The second kappa shape index (κ2) is 9.69. The first kappa shape index (κ1) is 21.0. The fraction of sp³-hybridized carbons (Fsp3) is 0.174. The second-order valence-electron chi connectivity index (χ2n) is 6.81. The number of hydrogen-bond acceptors (Lipinski definition) is 7. The molecule has 4 rings (SSSR count). The molecule has 0 bridgehead atoms. The summed E-state index contributed by atoms with van der Waals surface area (Å²) in [6.45, 7) is 0.587. The number of amides is 2. The van der Waals surface area contributed by atoms with Gasteiger partial charge >= 0.3 is 5.97 Å². The van der Waals surface area contributed by atoms with Crippen LogP contribution in [-0.2, 0) is 9.53 Å². The predicted molar refractivity (Wildman–Crippen MR) is 114 cm³/mol. The van der Waals surface area contributed by atoms with E-state index in [2.05, 4.69) is 10.6 Å². The number of esters is 1. The third kappa shape index (κ3) is 5.07. The summed E-state index contributed by atoms with van der Waals surface area (Å²) in [4.78, 5) is 37.0. The van der Waals surface area contributed by atoms with Crippen LogP contribution in [0.4, 0.5) is 11.4 Å². The Labute approximate surface area is 183 Å². The van der Waals surface area contributed by atoms with Crippen LogP contribution in [-0.4, -0.2) is 37.6 Å². The average Bonchev–Trinajstić information content (AvgIpc) is 3.24. The topological polar surface area (TPSA) is 116 Å². The van der Waals surface area contributed by atoms with Crippen molar-refractivity contribution in [2.45, 2.75) is 6.42 Å². The Morgan fingerprint density at radius 2 is 1.72 bits per heavy atom. The zero-order chi connectivity index (χ0) is 22.3. The van der Waals surface area contributed by atoms with Gasteiger partial charge in [-0.25, -0.2) is 4.79 Å². The molecule has 0 saturated carbocycles. The molecule has 3 aromatic rings. The normalized spacial score (nSPS) is 12.4. The molecule has 32 heavy (non-hydrogen) atoms. The van der Waals surface area contributed by atoms with E-state index in [4.69, 9.17) is 18.6 Å². The number of carbonyl (C=O) groups is 3. The maximum Gasteiger partial charge on any atom is 0.340 e. The molecule has 2 heterocycles. The van der Waals surface area contributed by atoms with E-state index in [1.807, 2.05) is 0 Å². The van der Waals surface area contributed by atoms with Crippen LogP contribution >= 0.6 is 0 Å². The fourth-order valence-corrected chi connectivity index (χ4v) is 3.01. The van der Waals surface area contributed by atoms with E-state index in [9.17, 15) is 14.4 Å². The van der Waals surface area contributed by atoms with Gasteiger partial charge in [0.25, 0.3) is 11.8 Å². The van der Waals surface area contributed by atoms with E-state index in [1.54, 1.807) is 42.5 Å². The van der Waals surface area contributed by atoms with Crippen LogP contribution in [0.15, 0.2) is 65.3 Å². The van der Waals surface area contributed by atoms with E-state index < -0.39 is 24.4 Å². The SMILES string of the molecule is O=C(COC(=O)c1ccccc1NC(=O)c1ccco1)Nc1ccc2c(c1)OCCCO2. The lowest BCUT2D eigenvalue weighted by Crippen LogP contribution is -2.22. The molecule has 2 aromatic carbocycles. The van der Waals surface area contributed by atoms with Gasteiger partial charge in [0.05, 0.1) is 30.7 Å². The molecular weight excluding hydrogens is 416 g/mol. The Morgan fingerprint density at radius 3 is 2.53 bits per heavy atom. The standard InChI is InChI=1S/C23H20N2O7/c26-21(24-15-8-9-18-20(13-15)31-12-4-11-29-18)14-32-23(28)16-5-1-2-6-17(16)25-22(27)19-7-3-10-30-19/h1-3,5-10,13H,4,11-12,14H2,(H,24,26)(H,25,27). The van der Waals surface area contributed by atoms with Gasteiger partial charge in [0.1, 0.15) is 0 Å². The van der Waals surface area contributed by atoms with Gasteiger partial charge < -0.3 is 29.3 Å². The predicted octanol–water partition coefficient (Wildman–Crippen LogP) is 3.49.